The Balaban J connectivity index is 1.42. The number of benzene rings is 2. The van der Waals surface area contributed by atoms with Crippen LogP contribution in [-0.4, -0.2) is 38.4 Å². The summed E-state index contributed by atoms with van der Waals surface area (Å²) < 4.78 is 31.0. The molecule has 8 heteroatoms. The molecule has 1 fully saturated rings. The summed E-state index contributed by atoms with van der Waals surface area (Å²) in [7, 11) is 1.86. The van der Waals surface area contributed by atoms with Crippen LogP contribution in [-0.2, 0) is 18.3 Å². The predicted octanol–water partition coefficient (Wildman–Crippen LogP) is 4.75. The number of rotatable bonds is 7. The van der Waals surface area contributed by atoms with E-state index in [1.807, 2.05) is 55.2 Å². The molecular weight excluding hydrogens is 460 g/mol. The number of nitrogens with one attached hydrogen (secondary N) is 1. The van der Waals surface area contributed by atoms with Gasteiger partial charge in [-0.3, -0.25) is 9.48 Å². The molecule has 5 rings (SSSR count). The third-order valence-corrected chi connectivity index (χ3v) is 7.06. The fourth-order valence-corrected chi connectivity index (χ4v) is 5.21. The number of hydrogen-bond acceptors (Lipinski definition) is 4. The normalized spacial score (nSPS) is 17.9. The molecule has 4 aromatic rings. The number of Topliss-reactive ketones (excluding diaryl/α,β-unsaturated/α-hetero) is 1. The molecule has 6 nitrogen and oxygen atoms in total. The second kappa shape index (κ2) is 10.1. The Bertz CT molecular complexity index is 1380. The van der Waals surface area contributed by atoms with Gasteiger partial charge in [-0.1, -0.05) is 24.3 Å². The molecule has 0 radical (unpaired) electrons. The Labute approximate surface area is 209 Å². The van der Waals surface area contributed by atoms with E-state index in [-0.39, 0.29) is 24.0 Å². The Morgan fingerprint density at radius 2 is 1.94 bits per heavy atom. The van der Waals surface area contributed by atoms with E-state index in [1.54, 1.807) is 16.9 Å². The molecule has 3 heterocycles. The van der Waals surface area contributed by atoms with Gasteiger partial charge in [-0.2, -0.15) is 10.2 Å². The number of aromatic nitrogens is 4. The highest BCUT2D eigenvalue weighted by molar-refractivity contribution is 5.82. The number of hydrogen-bond donors (Lipinski definition) is 1. The minimum absolute atomic E-state index is 0.00214. The first-order valence-corrected chi connectivity index (χ1v) is 12.2. The maximum absolute atomic E-state index is 13.9. The number of piperidine rings is 1. The molecule has 2 aromatic heterocycles. The van der Waals surface area contributed by atoms with E-state index in [1.165, 1.54) is 12.1 Å². The Morgan fingerprint density at radius 3 is 2.67 bits per heavy atom. The molecule has 0 saturated carbocycles. The third kappa shape index (κ3) is 4.86. The van der Waals surface area contributed by atoms with Crippen LogP contribution in [0.1, 0.15) is 35.6 Å². The van der Waals surface area contributed by atoms with Gasteiger partial charge >= 0.3 is 0 Å². The minimum atomic E-state index is -0.852. The summed E-state index contributed by atoms with van der Waals surface area (Å²) >= 11 is 0. The van der Waals surface area contributed by atoms with Gasteiger partial charge in [0.1, 0.15) is 5.78 Å². The van der Waals surface area contributed by atoms with Crippen molar-refractivity contribution in [1.29, 1.82) is 0 Å². The summed E-state index contributed by atoms with van der Waals surface area (Å²) in [6.07, 6.45) is 5.04. The van der Waals surface area contributed by atoms with Gasteiger partial charge in [0.05, 0.1) is 23.3 Å². The molecule has 2 unspecified atom stereocenters. The van der Waals surface area contributed by atoms with Gasteiger partial charge < -0.3 is 5.32 Å². The summed E-state index contributed by atoms with van der Waals surface area (Å²) in [6.45, 7) is 3.43. The number of aryl methyl sites for hydroxylation is 1. The molecular formula is C28H29F2N5O. The first kappa shape index (κ1) is 24.1. The third-order valence-electron chi connectivity index (χ3n) is 7.06. The van der Waals surface area contributed by atoms with E-state index in [0.717, 1.165) is 46.7 Å². The van der Waals surface area contributed by atoms with Gasteiger partial charge in [-0.25, -0.2) is 13.5 Å². The molecule has 2 atom stereocenters. The molecule has 0 bridgehead atoms. The molecule has 0 amide bonds. The second-order valence-corrected chi connectivity index (χ2v) is 9.52. The molecule has 186 valence electrons. The monoisotopic (exact) mass is 489 g/mol. The van der Waals surface area contributed by atoms with Crippen LogP contribution >= 0.6 is 0 Å². The van der Waals surface area contributed by atoms with Crippen LogP contribution in [0.25, 0.3) is 16.9 Å². The Kier molecular flexibility index (Phi) is 6.78. The molecule has 1 N–H and O–H groups in total. The van der Waals surface area contributed by atoms with E-state index >= 15 is 0 Å². The smallest absolute Gasteiger partial charge is 0.159 e. The number of carbonyl (C=O) groups excluding carboxylic acids is 1. The minimum Gasteiger partial charge on any atom is -0.316 e. The van der Waals surface area contributed by atoms with Gasteiger partial charge in [-0.05, 0) is 73.7 Å². The highest BCUT2D eigenvalue weighted by Crippen LogP contribution is 2.34. The Morgan fingerprint density at radius 1 is 1.14 bits per heavy atom. The molecule has 0 spiro atoms. The number of halogens is 2. The highest BCUT2D eigenvalue weighted by atomic mass is 19.2. The topological polar surface area (TPSA) is 64.7 Å². The van der Waals surface area contributed by atoms with Crippen LogP contribution in [0.3, 0.4) is 0 Å². The molecule has 1 aliphatic rings. The SMILES string of the molecule is Cc1c(-c2cnn(C)c2)nn(-c2ccccc2)c1CC(=O)CC1CNCCC1c1ccc(F)c(F)c1. The standard InChI is InChI=1S/C28H29F2N5O/c1-18-27(35(22-6-4-3-5-7-22)33-28(18)21-16-32-34(2)17-21)14-23(36)12-20-15-31-11-10-24(20)19-8-9-25(29)26(30)13-19/h3-9,13,16-17,20,24,31H,10-12,14-15H2,1-2H3. The van der Waals surface area contributed by atoms with Crippen molar-refractivity contribution in [3.05, 3.63) is 89.4 Å². The average Bonchev–Trinajstić information content (AvgIpc) is 3.45. The predicted molar refractivity (Wildman–Crippen MR) is 134 cm³/mol. The number of carbonyl (C=O) groups is 1. The number of nitrogens with zero attached hydrogens (tertiary/aromatic N) is 4. The van der Waals surface area contributed by atoms with Crippen LogP contribution in [0.15, 0.2) is 60.9 Å². The summed E-state index contributed by atoms with van der Waals surface area (Å²) in [6, 6.07) is 13.9. The van der Waals surface area contributed by atoms with E-state index in [2.05, 4.69) is 10.4 Å². The summed E-state index contributed by atoms with van der Waals surface area (Å²) in [5.74, 6) is -1.61. The zero-order valence-electron chi connectivity index (χ0n) is 20.4. The van der Waals surface area contributed by atoms with Crippen LogP contribution in [0.4, 0.5) is 8.78 Å². The lowest BCUT2D eigenvalue weighted by Crippen LogP contribution is -2.37. The Hall–Kier alpha value is -3.65. The molecule has 0 aliphatic carbocycles. The molecule has 36 heavy (non-hydrogen) atoms. The molecule has 1 saturated heterocycles. The maximum atomic E-state index is 13.9. The van der Waals surface area contributed by atoms with Crippen LogP contribution in [0, 0.1) is 24.5 Å². The van der Waals surface area contributed by atoms with Crippen LogP contribution in [0.5, 0.6) is 0 Å². The highest BCUT2D eigenvalue weighted by Gasteiger charge is 2.30. The zero-order valence-corrected chi connectivity index (χ0v) is 20.4. The molecule has 1 aliphatic heterocycles. The maximum Gasteiger partial charge on any atom is 0.159 e. The quantitative estimate of drug-likeness (QED) is 0.407. The van der Waals surface area contributed by atoms with Crippen molar-refractivity contribution < 1.29 is 13.6 Å². The van der Waals surface area contributed by atoms with Gasteiger partial charge in [0, 0.05) is 31.6 Å². The lowest BCUT2D eigenvalue weighted by atomic mass is 9.78. The zero-order chi connectivity index (χ0) is 25.2. The lowest BCUT2D eigenvalue weighted by molar-refractivity contribution is -0.119. The van der Waals surface area contributed by atoms with Crippen molar-refractivity contribution in [3.63, 3.8) is 0 Å². The average molecular weight is 490 g/mol. The summed E-state index contributed by atoms with van der Waals surface area (Å²) in [5, 5.41) is 12.5. The van der Waals surface area contributed by atoms with Crippen molar-refractivity contribution in [2.75, 3.05) is 13.1 Å². The van der Waals surface area contributed by atoms with Crippen molar-refractivity contribution in [2.24, 2.45) is 13.0 Å². The second-order valence-electron chi connectivity index (χ2n) is 9.52. The van der Waals surface area contributed by atoms with Gasteiger partial charge in [0.15, 0.2) is 11.6 Å². The van der Waals surface area contributed by atoms with Gasteiger partial charge in [0.25, 0.3) is 0 Å². The van der Waals surface area contributed by atoms with E-state index < -0.39 is 11.6 Å². The fourth-order valence-electron chi connectivity index (χ4n) is 5.21. The number of ketones is 1. The fraction of sp³-hybridized carbons (Fsp3) is 0.321. The van der Waals surface area contributed by atoms with E-state index in [0.29, 0.717) is 13.0 Å². The largest absolute Gasteiger partial charge is 0.316 e. The van der Waals surface area contributed by atoms with Crippen LogP contribution < -0.4 is 5.32 Å². The van der Waals surface area contributed by atoms with Crippen molar-refractivity contribution in [1.82, 2.24) is 24.9 Å². The van der Waals surface area contributed by atoms with E-state index in [4.69, 9.17) is 5.10 Å². The summed E-state index contributed by atoms with van der Waals surface area (Å²) in [4.78, 5) is 13.4. The van der Waals surface area contributed by atoms with Crippen molar-refractivity contribution in [2.45, 2.75) is 32.1 Å². The first-order chi connectivity index (χ1) is 17.4. The first-order valence-electron chi connectivity index (χ1n) is 12.2. The number of para-hydroxylation sites is 1. The van der Waals surface area contributed by atoms with Gasteiger partial charge in [0.2, 0.25) is 0 Å². The van der Waals surface area contributed by atoms with E-state index in [9.17, 15) is 13.6 Å². The van der Waals surface area contributed by atoms with Crippen molar-refractivity contribution in [3.8, 4) is 16.9 Å². The lowest BCUT2D eigenvalue weighted by Gasteiger charge is -2.32. The van der Waals surface area contributed by atoms with Crippen LogP contribution in [0.2, 0.25) is 0 Å². The molecule has 2 aromatic carbocycles. The van der Waals surface area contributed by atoms with Crippen molar-refractivity contribution >= 4 is 5.78 Å². The van der Waals surface area contributed by atoms with Gasteiger partial charge in [-0.15, -0.1) is 0 Å². The summed E-state index contributed by atoms with van der Waals surface area (Å²) in [5.41, 5.74) is 5.12.